The van der Waals surface area contributed by atoms with Crippen LogP contribution in [-0.2, 0) is 11.3 Å². The summed E-state index contributed by atoms with van der Waals surface area (Å²) in [5, 5.41) is 19.5. The van der Waals surface area contributed by atoms with E-state index in [1.165, 1.54) is 6.20 Å². The van der Waals surface area contributed by atoms with Crippen LogP contribution in [0.15, 0.2) is 76.4 Å². The number of carbonyl (C=O) groups excluding carboxylic acids is 1. The number of benzene rings is 2. The third kappa shape index (κ3) is 9.21. The van der Waals surface area contributed by atoms with Crippen LogP contribution in [-0.4, -0.2) is 45.6 Å². The normalized spacial score (nSPS) is 12.5. The Balaban J connectivity index is 0.000000517. The van der Waals surface area contributed by atoms with Crippen LogP contribution in [0, 0.1) is 0 Å². The van der Waals surface area contributed by atoms with Crippen LogP contribution in [0.25, 0.3) is 0 Å². The number of furan rings is 1. The number of anilines is 5. The predicted octanol–water partition coefficient (Wildman–Crippen LogP) is 6.65. The summed E-state index contributed by atoms with van der Waals surface area (Å²) in [4.78, 5) is 31.2. The van der Waals surface area contributed by atoms with Gasteiger partial charge in [-0.25, -0.2) is 14.6 Å². The van der Waals surface area contributed by atoms with Gasteiger partial charge in [0.05, 0.1) is 25.6 Å². The van der Waals surface area contributed by atoms with E-state index >= 15 is 0 Å². The second-order valence-corrected chi connectivity index (χ2v) is 9.88. The molecular formula is C26H22ClF3N6O5S. The van der Waals surface area contributed by atoms with Gasteiger partial charge in [0, 0.05) is 39.8 Å². The number of ether oxygens (including phenoxy) is 1. The SMILES string of the molecule is O=C(NCc1ccco1)Nc1cc2cc(c1)OCCSc1cccc(c1)Nc1nc(ncc1Cl)N2.O=C(O)C(F)(F)F. The third-order valence-corrected chi connectivity index (χ3v) is 6.36. The molecule has 11 nitrogen and oxygen atoms in total. The molecule has 0 saturated carbocycles. The van der Waals surface area contributed by atoms with Gasteiger partial charge in [0.1, 0.15) is 16.5 Å². The first kappa shape index (κ1) is 30.3. The molecule has 0 atom stereocenters. The molecular weight excluding hydrogens is 601 g/mol. The Kier molecular flexibility index (Phi) is 9.98. The van der Waals surface area contributed by atoms with Gasteiger partial charge in [-0.05, 0) is 36.4 Å². The van der Waals surface area contributed by atoms with E-state index in [1.54, 1.807) is 42.3 Å². The van der Waals surface area contributed by atoms with Gasteiger partial charge in [0.2, 0.25) is 5.95 Å². The number of hydrogen-bond donors (Lipinski definition) is 5. The molecule has 1 aliphatic rings. The average molecular weight is 623 g/mol. The van der Waals surface area contributed by atoms with Crippen molar-refractivity contribution < 1.29 is 37.0 Å². The maximum absolute atomic E-state index is 12.4. The molecule has 0 unspecified atom stereocenters. The fraction of sp³-hybridized carbons (Fsp3) is 0.154. The van der Waals surface area contributed by atoms with Crippen LogP contribution < -0.4 is 26.0 Å². The summed E-state index contributed by atoms with van der Waals surface area (Å²) in [6.07, 6.45) is -2.00. The fourth-order valence-corrected chi connectivity index (χ4v) is 4.27. The molecule has 5 rings (SSSR count). The van der Waals surface area contributed by atoms with Gasteiger partial charge in [-0.15, -0.1) is 11.8 Å². The van der Waals surface area contributed by atoms with Crippen LogP contribution in [0.3, 0.4) is 0 Å². The molecule has 2 aromatic carbocycles. The molecule has 16 heteroatoms. The number of fused-ring (bicyclic) bond motifs is 6. The van der Waals surface area contributed by atoms with E-state index in [4.69, 9.17) is 30.7 Å². The number of carboxylic acid groups (broad SMARTS) is 1. The lowest BCUT2D eigenvalue weighted by atomic mass is 10.2. The van der Waals surface area contributed by atoms with E-state index in [0.717, 1.165) is 16.3 Å². The minimum absolute atomic E-state index is 0.270. The largest absolute Gasteiger partial charge is 0.493 e. The second-order valence-electron chi connectivity index (χ2n) is 8.30. The zero-order chi connectivity index (χ0) is 30.1. The van der Waals surface area contributed by atoms with Crippen molar-refractivity contribution in [2.45, 2.75) is 17.6 Å². The van der Waals surface area contributed by atoms with E-state index in [2.05, 4.69) is 31.2 Å². The number of carboxylic acids is 1. The Bertz CT molecular complexity index is 1540. The summed E-state index contributed by atoms with van der Waals surface area (Å²) < 4.78 is 43.0. The number of thioether (sulfide) groups is 1. The van der Waals surface area contributed by atoms with Crippen LogP contribution in [0.2, 0.25) is 5.02 Å². The van der Waals surface area contributed by atoms with Crippen LogP contribution >= 0.6 is 23.4 Å². The fourth-order valence-electron chi connectivity index (χ4n) is 3.35. The number of nitrogens with one attached hydrogen (secondary N) is 4. The number of hydrogen-bond acceptors (Lipinski definition) is 9. The lowest BCUT2D eigenvalue weighted by Gasteiger charge is -2.14. The Labute approximate surface area is 245 Å². The molecule has 6 bridgehead atoms. The topological polar surface area (TPSA) is 151 Å². The summed E-state index contributed by atoms with van der Waals surface area (Å²) in [7, 11) is 0. The number of alkyl halides is 3. The van der Waals surface area contributed by atoms with Crippen molar-refractivity contribution in [3.8, 4) is 5.75 Å². The molecule has 2 amide bonds. The number of aliphatic carboxylic acids is 1. The van der Waals surface area contributed by atoms with E-state index in [0.29, 0.717) is 46.3 Å². The van der Waals surface area contributed by atoms with Gasteiger partial charge < -0.3 is 35.5 Å². The van der Waals surface area contributed by atoms with E-state index in [9.17, 15) is 18.0 Å². The highest BCUT2D eigenvalue weighted by Gasteiger charge is 2.38. The standard InChI is InChI=1S/C24H21ClN6O3S.C2HF3O2/c25-21-14-26-23-29-16-9-17(30-24(32)27-13-18-4-2-6-33-18)11-19(10-16)34-7-8-35-20-5-1-3-15(12-20)28-22(21)31-23;3-2(4,5)1(6)7/h1-6,9-12,14H,7-8,13H2,(H2,27,30,32)(H2,26,28,29,31);(H,6,7). The molecule has 0 radical (unpaired) electrons. The van der Waals surface area contributed by atoms with Gasteiger partial charge in [0.15, 0.2) is 5.82 Å². The number of carbonyl (C=O) groups is 2. The Morgan fingerprint density at radius 3 is 2.64 bits per heavy atom. The molecule has 3 heterocycles. The van der Waals surface area contributed by atoms with E-state index in [-0.39, 0.29) is 12.6 Å². The van der Waals surface area contributed by atoms with Crippen LogP contribution in [0.5, 0.6) is 5.75 Å². The quantitative estimate of drug-likeness (QED) is 0.168. The summed E-state index contributed by atoms with van der Waals surface area (Å²) in [5.41, 5.74) is 2.04. The molecule has 220 valence electrons. The Morgan fingerprint density at radius 2 is 1.90 bits per heavy atom. The Hall–Kier alpha value is -4.63. The van der Waals surface area contributed by atoms with Gasteiger partial charge in [0.25, 0.3) is 0 Å². The minimum atomic E-state index is -5.08. The van der Waals surface area contributed by atoms with Crippen molar-refractivity contribution in [3.05, 3.63) is 77.8 Å². The van der Waals surface area contributed by atoms with E-state index < -0.39 is 12.1 Å². The summed E-state index contributed by atoms with van der Waals surface area (Å²) in [5.74, 6) is 0.0400. The van der Waals surface area contributed by atoms with Crippen molar-refractivity contribution in [2.24, 2.45) is 0 Å². The van der Waals surface area contributed by atoms with Gasteiger partial charge in [-0.2, -0.15) is 18.2 Å². The van der Waals surface area contributed by atoms with Gasteiger partial charge in [-0.1, -0.05) is 17.7 Å². The van der Waals surface area contributed by atoms with Crippen LogP contribution in [0.4, 0.5) is 46.8 Å². The highest BCUT2D eigenvalue weighted by Crippen LogP contribution is 2.30. The lowest BCUT2D eigenvalue weighted by Crippen LogP contribution is -2.28. The first-order chi connectivity index (χ1) is 20.0. The molecule has 42 heavy (non-hydrogen) atoms. The molecule has 0 saturated heterocycles. The Morgan fingerprint density at radius 1 is 1.10 bits per heavy atom. The second kappa shape index (κ2) is 13.8. The zero-order valence-corrected chi connectivity index (χ0v) is 22.9. The highest BCUT2D eigenvalue weighted by atomic mass is 35.5. The highest BCUT2D eigenvalue weighted by molar-refractivity contribution is 7.99. The smallest absolute Gasteiger partial charge is 0.490 e. The first-order valence-corrected chi connectivity index (χ1v) is 13.4. The maximum atomic E-state index is 12.4. The molecule has 0 fully saturated rings. The van der Waals surface area contributed by atoms with Crippen molar-refractivity contribution in [2.75, 3.05) is 28.3 Å². The molecule has 2 aromatic heterocycles. The summed E-state index contributed by atoms with van der Waals surface area (Å²) >= 11 is 8.00. The summed E-state index contributed by atoms with van der Waals surface area (Å²) in [6.45, 7) is 0.748. The van der Waals surface area contributed by atoms with Crippen molar-refractivity contribution >= 4 is 64.2 Å². The monoisotopic (exact) mass is 622 g/mol. The number of nitrogens with zero attached hydrogens (tertiary/aromatic N) is 2. The first-order valence-electron chi connectivity index (χ1n) is 12.0. The van der Waals surface area contributed by atoms with E-state index in [1.807, 2.05) is 30.3 Å². The zero-order valence-electron chi connectivity index (χ0n) is 21.4. The molecule has 0 aliphatic carbocycles. The number of aromatic nitrogens is 2. The third-order valence-electron chi connectivity index (χ3n) is 5.13. The van der Waals surface area contributed by atoms with Gasteiger partial charge in [-0.3, -0.25) is 0 Å². The molecule has 1 aliphatic heterocycles. The number of halogens is 4. The van der Waals surface area contributed by atoms with Crippen molar-refractivity contribution in [1.29, 1.82) is 0 Å². The number of urea groups is 1. The number of rotatable bonds is 3. The average Bonchev–Trinajstić information content (AvgIpc) is 3.45. The summed E-state index contributed by atoms with van der Waals surface area (Å²) in [6, 6.07) is 16.5. The number of amides is 2. The maximum Gasteiger partial charge on any atom is 0.490 e. The van der Waals surface area contributed by atoms with Crippen molar-refractivity contribution in [1.82, 2.24) is 15.3 Å². The minimum Gasteiger partial charge on any atom is -0.493 e. The van der Waals surface area contributed by atoms with Crippen LogP contribution in [0.1, 0.15) is 5.76 Å². The van der Waals surface area contributed by atoms with Gasteiger partial charge >= 0.3 is 18.2 Å². The molecule has 4 aromatic rings. The predicted molar refractivity (Wildman–Crippen MR) is 151 cm³/mol. The van der Waals surface area contributed by atoms with Crippen molar-refractivity contribution in [3.63, 3.8) is 0 Å². The lowest BCUT2D eigenvalue weighted by molar-refractivity contribution is -0.192. The molecule has 0 spiro atoms. The molecule has 5 N–H and O–H groups in total.